The van der Waals surface area contributed by atoms with E-state index in [-0.39, 0.29) is 0 Å². The van der Waals surface area contributed by atoms with Gasteiger partial charge in [0.25, 0.3) is 0 Å². The number of rotatable bonds is 17. The van der Waals surface area contributed by atoms with Crippen molar-refractivity contribution in [3.8, 4) is 6.07 Å². The van der Waals surface area contributed by atoms with Gasteiger partial charge in [0.2, 0.25) is 0 Å². The monoisotopic (exact) mass is 310 g/mol. The minimum Gasteiger partial charge on any atom is -0.374 e. The zero-order chi connectivity index (χ0) is 16.3. The third-order valence-electron chi connectivity index (χ3n) is 4.50. The Bertz CT molecular complexity index is 247. The lowest BCUT2D eigenvalue weighted by Crippen LogP contribution is -2.23. The van der Waals surface area contributed by atoms with E-state index in [0.717, 1.165) is 6.42 Å². The molecule has 2 heteroatoms. The van der Waals surface area contributed by atoms with E-state index in [0.29, 0.717) is 6.42 Å². The highest BCUT2D eigenvalue weighted by Crippen LogP contribution is 2.14. The molecule has 22 heavy (non-hydrogen) atoms. The highest BCUT2D eigenvalue weighted by molar-refractivity contribution is 4.79. The van der Waals surface area contributed by atoms with Crippen molar-refractivity contribution in [2.45, 2.75) is 122 Å². The normalized spacial score (nSPS) is 12.2. The summed E-state index contributed by atoms with van der Waals surface area (Å²) in [4.78, 5) is 0. The molecule has 2 nitrogen and oxygen atoms in total. The Morgan fingerprint density at radius 3 is 1.27 bits per heavy atom. The van der Waals surface area contributed by atoms with Crippen molar-refractivity contribution in [3.05, 3.63) is 0 Å². The van der Waals surface area contributed by atoms with Crippen molar-refractivity contribution in [3.63, 3.8) is 0 Å². The summed E-state index contributed by atoms with van der Waals surface area (Å²) in [7, 11) is 0. The Morgan fingerprint density at radius 2 is 0.955 bits per heavy atom. The summed E-state index contributed by atoms with van der Waals surface area (Å²) in [6.07, 6.45) is 22.0. The number of nitrogens with one attached hydrogen (secondary N) is 1. The van der Waals surface area contributed by atoms with Gasteiger partial charge in [-0.05, 0) is 12.8 Å². The Morgan fingerprint density at radius 1 is 0.636 bits per heavy atom. The van der Waals surface area contributed by atoms with E-state index < -0.39 is 6.10 Å². The van der Waals surface area contributed by atoms with Crippen LogP contribution in [0.15, 0.2) is 0 Å². The molecule has 0 aliphatic rings. The van der Waals surface area contributed by atoms with Gasteiger partial charge in [-0.2, -0.15) is 0 Å². The van der Waals surface area contributed by atoms with Crippen LogP contribution in [0.2, 0.25) is 0 Å². The van der Waals surface area contributed by atoms with Crippen molar-refractivity contribution < 1.29 is 10.4 Å². The van der Waals surface area contributed by atoms with Crippen molar-refractivity contribution in [2.75, 3.05) is 0 Å². The van der Waals surface area contributed by atoms with Gasteiger partial charge in [0, 0.05) is 0 Å². The number of hydrogen-bond acceptors (Lipinski definition) is 1. The van der Waals surface area contributed by atoms with Gasteiger partial charge in [-0.15, -0.1) is 0 Å². The molecule has 0 aromatic carbocycles. The van der Waals surface area contributed by atoms with E-state index in [9.17, 15) is 5.11 Å². The lowest BCUT2D eigenvalue weighted by molar-refractivity contribution is -0.104. The van der Waals surface area contributed by atoms with Gasteiger partial charge < -0.3 is 5.11 Å². The van der Waals surface area contributed by atoms with Crippen LogP contribution in [0.3, 0.4) is 0 Å². The van der Waals surface area contributed by atoms with Gasteiger partial charge in [0.15, 0.2) is 6.10 Å². The van der Waals surface area contributed by atoms with Gasteiger partial charge in [0.05, 0.1) is 0 Å². The predicted octanol–water partition coefficient (Wildman–Crippen LogP) is 4.77. The van der Waals surface area contributed by atoms with Crippen LogP contribution in [-0.2, 0) is 0 Å². The second kappa shape index (κ2) is 18.5. The summed E-state index contributed by atoms with van der Waals surface area (Å²) in [5.74, 6) is 0. The molecule has 0 aliphatic carbocycles. The van der Waals surface area contributed by atoms with E-state index in [1.165, 1.54) is 96.3 Å². The van der Waals surface area contributed by atoms with Crippen molar-refractivity contribution in [1.29, 1.82) is 0 Å². The molecular formula is C20H40NO+. The fourth-order valence-electron chi connectivity index (χ4n) is 2.96. The molecule has 2 N–H and O–H groups in total. The summed E-state index contributed by atoms with van der Waals surface area (Å²) >= 11 is 0. The molecule has 0 aromatic heterocycles. The fraction of sp³-hybridized carbons (Fsp3) is 0.950. The molecular weight excluding hydrogens is 270 g/mol. The van der Waals surface area contributed by atoms with Crippen LogP contribution < -0.4 is 5.26 Å². The average molecular weight is 311 g/mol. The van der Waals surface area contributed by atoms with Crippen LogP contribution in [0.4, 0.5) is 0 Å². The first-order chi connectivity index (χ1) is 10.8. The van der Waals surface area contributed by atoms with Crippen LogP contribution >= 0.6 is 0 Å². The Hall–Kier alpha value is -0.550. The zero-order valence-electron chi connectivity index (χ0n) is 15.0. The Balaban J connectivity index is 2.99. The summed E-state index contributed by atoms with van der Waals surface area (Å²) in [5.41, 5.74) is 0. The van der Waals surface area contributed by atoms with E-state index >= 15 is 0 Å². The molecule has 0 heterocycles. The van der Waals surface area contributed by atoms with Gasteiger partial charge >= 0.3 is 6.07 Å². The Kier molecular flexibility index (Phi) is 18.0. The standard InChI is InChI=1S/C20H39NO/c1-2-3-4-5-6-7-8-9-10-11-12-13-14-15-16-17-18-20(22)19-21/h20,22H,2-18H2,1H3/p+1. The second-order valence-electron chi connectivity index (χ2n) is 6.75. The molecule has 1 atom stereocenters. The summed E-state index contributed by atoms with van der Waals surface area (Å²) < 4.78 is 0. The highest BCUT2D eigenvalue weighted by atomic mass is 16.3. The van der Waals surface area contributed by atoms with Crippen LogP contribution in [0.25, 0.3) is 0 Å². The minimum absolute atomic E-state index is 0.633. The number of aliphatic hydroxyl groups excluding tert-OH is 1. The molecule has 0 spiro atoms. The molecule has 0 radical (unpaired) electrons. The largest absolute Gasteiger partial charge is 0.374 e. The van der Waals surface area contributed by atoms with E-state index in [4.69, 9.17) is 5.26 Å². The summed E-state index contributed by atoms with van der Waals surface area (Å²) in [6, 6.07) is 2.12. The summed E-state index contributed by atoms with van der Waals surface area (Å²) in [5, 5.41) is 16.0. The van der Waals surface area contributed by atoms with Crippen LogP contribution in [0.1, 0.15) is 116 Å². The molecule has 0 saturated carbocycles. The fourth-order valence-corrected chi connectivity index (χ4v) is 2.96. The van der Waals surface area contributed by atoms with Crippen LogP contribution in [0, 0.1) is 6.07 Å². The number of aliphatic hydroxyl groups is 1. The first-order valence-corrected chi connectivity index (χ1v) is 9.91. The highest BCUT2D eigenvalue weighted by Gasteiger charge is 2.03. The lowest BCUT2D eigenvalue weighted by Gasteiger charge is -2.03. The molecule has 0 fully saturated rings. The minimum atomic E-state index is -0.633. The maximum Gasteiger partial charge on any atom is 0.302 e. The molecule has 0 bridgehead atoms. The maximum atomic E-state index is 9.17. The van der Waals surface area contributed by atoms with E-state index in [1.54, 1.807) is 0 Å². The van der Waals surface area contributed by atoms with Gasteiger partial charge in [0.1, 0.15) is 0 Å². The van der Waals surface area contributed by atoms with Crippen molar-refractivity contribution in [2.24, 2.45) is 0 Å². The molecule has 0 aliphatic heterocycles. The third kappa shape index (κ3) is 17.5. The zero-order valence-corrected chi connectivity index (χ0v) is 15.0. The van der Waals surface area contributed by atoms with Gasteiger partial charge in [-0.1, -0.05) is 108 Å². The molecule has 0 aromatic rings. The van der Waals surface area contributed by atoms with Crippen LogP contribution in [-0.4, -0.2) is 11.2 Å². The summed E-state index contributed by atoms with van der Waals surface area (Å²) in [6.45, 7) is 2.28. The van der Waals surface area contributed by atoms with Crippen molar-refractivity contribution >= 4 is 0 Å². The van der Waals surface area contributed by atoms with Gasteiger partial charge in [-0.25, -0.2) is 0 Å². The lowest BCUT2D eigenvalue weighted by atomic mass is 10.0. The molecule has 0 saturated heterocycles. The molecule has 130 valence electrons. The second-order valence-corrected chi connectivity index (χ2v) is 6.75. The van der Waals surface area contributed by atoms with E-state index in [2.05, 4.69) is 13.0 Å². The first-order valence-electron chi connectivity index (χ1n) is 9.91. The maximum absolute atomic E-state index is 9.17. The predicted molar refractivity (Wildman–Crippen MR) is 95.0 cm³/mol. The first kappa shape index (κ1) is 21.4. The van der Waals surface area contributed by atoms with Crippen LogP contribution in [0.5, 0.6) is 0 Å². The molecule has 0 rings (SSSR count). The topological polar surface area (TPSA) is 44.0 Å². The smallest absolute Gasteiger partial charge is 0.302 e. The molecule has 0 amide bonds. The number of hydrogen-bond donors (Lipinski definition) is 2. The quantitative estimate of drug-likeness (QED) is 0.295. The molecule has 1 unspecified atom stereocenters. The SMILES string of the molecule is CCCCCCCCCCCCCCCCCCC(O)C#[NH+]. The van der Waals surface area contributed by atoms with Crippen molar-refractivity contribution in [1.82, 2.24) is 0 Å². The Labute approximate surface area is 139 Å². The number of unbranched alkanes of at least 4 members (excludes halogenated alkanes) is 15. The average Bonchev–Trinajstić information content (AvgIpc) is 2.54. The van der Waals surface area contributed by atoms with E-state index in [1.807, 2.05) is 0 Å². The van der Waals surface area contributed by atoms with Gasteiger partial charge in [-0.3, -0.25) is 0 Å². The third-order valence-corrected chi connectivity index (χ3v) is 4.50.